The van der Waals surface area contributed by atoms with Crippen LogP contribution in [0.25, 0.3) is 0 Å². The molecule has 1 aromatic rings. The number of ether oxygens (including phenoxy) is 2. The van der Waals surface area contributed by atoms with Crippen LogP contribution in [-0.4, -0.2) is 26.3 Å². The summed E-state index contributed by atoms with van der Waals surface area (Å²) in [5.41, 5.74) is 1.34. The van der Waals surface area contributed by atoms with Crippen molar-refractivity contribution in [2.24, 2.45) is 0 Å². The van der Waals surface area contributed by atoms with Gasteiger partial charge in [-0.3, -0.25) is 5.32 Å². The van der Waals surface area contributed by atoms with Crippen molar-refractivity contribution in [3.63, 3.8) is 0 Å². The summed E-state index contributed by atoms with van der Waals surface area (Å²) in [6.45, 7) is 1.70. The predicted molar refractivity (Wildman–Crippen MR) is 66.9 cm³/mol. The van der Waals surface area contributed by atoms with Crippen molar-refractivity contribution in [2.45, 2.75) is 18.4 Å². The Morgan fingerprint density at radius 3 is 2.83 bits per heavy atom. The van der Waals surface area contributed by atoms with Gasteiger partial charge in [0.25, 0.3) is 0 Å². The molecule has 18 heavy (non-hydrogen) atoms. The summed E-state index contributed by atoms with van der Waals surface area (Å²) in [5.74, 6) is 0.784. The Morgan fingerprint density at radius 2 is 2.11 bits per heavy atom. The average molecular weight is 248 g/mol. The third kappa shape index (κ3) is 1.71. The third-order valence-electron chi connectivity index (χ3n) is 3.65. The second-order valence-corrected chi connectivity index (χ2v) is 4.67. The van der Waals surface area contributed by atoms with Gasteiger partial charge < -0.3 is 14.8 Å². The molecule has 1 saturated heterocycles. The summed E-state index contributed by atoms with van der Waals surface area (Å²) < 4.78 is 10.9. The highest BCUT2D eigenvalue weighted by Gasteiger charge is 2.43. The molecule has 2 N–H and O–H groups in total. The number of amides is 1. The van der Waals surface area contributed by atoms with E-state index in [1.807, 2.05) is 18.2 Å². The van der Waals surface area contributed by atoms with Gasteiger partial charge in [-0.25, -0.2) is 4.79 Å². The van der Waals surface area contributed by atoms with Gasteiger partial charge in [0.2, 0.25) is 0 Å². The van der Waals surface area contributed by atoms with Gasteiger partial charge in [0.15, 0.2) is 0 Å². The van der Waals surface area contributed by atoms with Crippen LogP contribution < -0.4 is 15.4 Å². The van der Waals surface area contributed by atoms with E-state index < -0.39 is 5.60 Å². The second-order valence-electron chi connectivity index (χ2n) is 4.67. The first-order valence-electron chi connectivity index (χ1n) is 6.13. The number of nitrogens with one attached hydrogen (secondary N) is 2. The maximum absolute atomic E-state index is 11.7. The number of fused-ring (bicyclic) bond motifs is 2. The quantitative estimate of drug-likeness (QED) is 0.796. The molecule has 1 aromatic carbocycles. The molecule has 96 valence electrons. The molecule has 0 radical (unpaired) electrons. The lowest BCUT2D eigenvalue weighted by atomic mass is 9.83. The molecule has 5 heteroatoms. The van der Waals surface area contributed by atoms with E-state index in [2.05, 4.69) is 10.6 Å². The van der Waals surface area contributed by atoms with E-state index >= 15 is 0 Å². The first kappa shape index (κ1) is 11.3. The van der Waals surface area contributed by atoms with Crippen molar-refractivity contribution >= 4 is 11.8 Å². The molecular formula is C13H16N2O3. The largest absolute Gasteiger partial charge is 0.497 e. The summed E-state index contributed by atoms with van der Waals surface area (Å²) in [6.07, 6.45) is 1.22. The third-order valence-corrected chi connectivity index (χ3v) is 3.65. The first-order chi connectivity index (χ1) is 8.73. The van der Waals surface area contributed by atoms with E-state index in [0.717, 1.165) is 42.9 Å². The number of rotatable bonds is 1. The highest BCUT2D eigenvalue weighted by atomic mass is 16.6. The zero-order valence-corrected chi connectivity index (χ0v) is 10.3. The molecule has 3 rings (SSSR count). The Bertz CT molecular complexity index is 481. The van der Waals surface area contributed by atoms with Crippen molar-refractivity contribution < 1.29 is 14.3 Å². The highest BCUT2D eigenvalue weighted by molar-refractivity contribution is 5.89. The fourth-order valence-electron chi connectivity index (χ4n) is 2.71. The number of hydrogen-bond donors (Lipinski definition) is 2. The van der Waals surface area contributed by atoms with Crippen molar-refractivity contribution in [1.82, 2.24) is 5.32 Å². The minimum absolute atomic E-state index is 0.366. The zero-order chi connectivity index (χ0) is 12.6. The number of methoxy groups -OCH3 is 1. The van der Waals surface area contributed by atoms with E-state index in [1.165, 1.54) is 0 Å². The highest BCUT2D eigenvalue weighted by Crippen LogP contribution is 2.43. The maximum Gasteiger partial charge on any atom is 0.412 e. The van der Waals surface area contributed by atoms with Crippen LogP contribution in [0.15, 0.2) is 18.2 Å². The minimum Gasteiger partial charge on any atom is -0.497 e. The lowest BCUT2D eigenvalue weighted by molar-refractivity contribution is -0.0127. The Balaban J connectivity index is 2.09. The van der Waals surface area contributed by atoms with Crippen LogP contribution in [0.3, 0.4) is 0 Å². The lowest BCUT2D eigenvalue weighted by Gasteiger charge is -2.41. The van der Waals surface area contributed by atoms with Gasteiger partial charge in [0, 0.05) is 18.4 Å². The summed E-state index contributed by atoms with van der Waals surface area (Å²) in [4.78, 5) is 11.7. The van der Waals surface area contributed by atoms with Gasteiger partial charge >= 0.3 is 6.09 Å². The van der Waals surface area contributed by atoms with Crippen LogP contribution in [0.1, 0.15) is 18.4 Å². The Morgan fingerprint density at radius 1 is 1.33 bits per heavy atom. The molecule has 0 unspecified atom stereocenters. The normalized spacial score (nSPS) is 20.8. The molecule has 0 aromatic heterocycles. The number of carbonyl (C=O) groups excluding carboxylic acids is 1. The SMILES string of the molecule is COc1ccc2c(c1)C1(CCNCC1)OC(=O)N2. The minimum atomic E-state index is -0.503. The van der Waals surface area contributed by atoms with Crippen molar-refractivity contribution in [3.05, 3.63) is 23.8 Å². The van der Waals surface area contributed by atoms with Gasteiger partial charge in [0.1, 0.15) is 11.4 Å². The van der Waals surface area contributed by atoms with Gasteiger partial charge in [-0.2, -0.15) is 0 Å². The second kappa shape index (κ2) is 4.17. The molecule has 0 saturated carbocycles. The van der Waals surface area contributed by atoms with Gasteiger partial charge in [-0.05, 0) is 31.3 Å². The average Bonchev–Trinajstić information content (AvgIpc) is 2.39. The molecule has 1 amide bonds. The molecular weight excluding hydrogens is 232 g/mol. The number of carbonyl (C=O) groups is 1. The number of anilines is 1. The summed E-state index contributed by atoms with van der Waals surface area (Å²) in [7, 11) is 1.64. The van der Waals surface area contributed by atoms with Crippen LogP contribution in [0, 0.1) is 0 Å². The molecule has 1 spiro atoms. The molecule has 0 atom stereocenters. The van der Waals surface area contributed by atoms with E-state index in [9.17, 15) is 4.79 Å². The van der Waals surface area contributed by atoms with Crippen LogP contribution in [-0.2, 0) is 10.3 Å². The van der Waals surface area contributed by atoms with E-state index in [-0.39, 0.29) is 6.09 Å². The number of benzene rings is 1. The predicted octanol–water partition coefficient (Wildman–Crippen LogP) is 1.84. The molecule has 2 aliphatic rings. The first-order valence-corrected chi connectivity index (χ1v) is 6.13. The van der Waals surface area contributed by atoms with Gasteiger partial charge in [-0.15, -0.1) is 0 Å². The molecule has 1 fully saturated rings. The standard InChI is InChI=1S/C13H16N2O3/c1-17-9-2-3-11-10(8-9)13(18-12(16)15-11)4-6-14-7-5-13/h2-3,8,14H,4-7H2,1H3,(H,15,16). The Hall–Kier alpha value is -1.75. The molecule has 0 bridgehead atoms. The van der Waals surface area contributed by atoms with E-state index in [1.54, 1.807) is 7.11 Å². The monoisotopic (exact) mass is 248 g/mol. The summed E-state index contributed by atoms with van der Waals surface area (Å²) in [5, 5.41) is 6.03. The molecule has 2 heterocycles. The Labute approximate surface area is 105 Å². The summed E-state index contributed by atoms with van der Waals surface area (Å²) in [6, 6.07) is 5.68. The van der Waals surface area contributed by atoms with Crippen LogP contribution in [0.4, 0.5) is 10.5 Å². The molecule has 2 aliphatic heterocycles. The van der Waals surface area contributed by atoms with Crippen LogP contribution in [0.5, 0.6) is 5.75 Å². The Kier molecular flexibility index (Phi) is 2.63. The van der Waals surface area contributed by atoms with Crippen LogP contribution >= 0.6 is 0 Å². The summed E-state index contributed by atoms with van der Waals surface area (Å²) >= 11 is 0. The maximum atomic E-state index is 11.7. The zero-order valence-electron chi connectivity index (χ0n) is 10.3. The number of piperidine rings is 1. The van der Waals surface area contributed by atoms with E-state index in [0.29, 0.717) is 0 Å². The fourth-order valence-corrected chi connectivity index (χ4v) is 2.71. The van der Waals surface area contributed by atoms with Crippen molar-refractivity contribution in [3.8, 4) is 5.75 Å². The van der Waals surface area contributed by atoms with Crippen molar-refractivity contribution in [2.75, 3.05) is 25.5 Å². The van der Waals surface area contributed by atoms with Crippen molar-refractivity contribution in [1.29, 1.82) is 0 Å². The molecule has 5 nitrogen and oxygen atoms in total. The van der Waals surface area contributed by atoms with Gasteiger partial charge in [0.05, 0.1) is 12.8 Å². The smallest absolute Gasteiger partial charge is 0.412 e. The topological polar surface area (TPSA) is 59.6 Å². The van der Waals surface area contributed by atoms with Gasteiger partial charge in [-0.1, -0.05) is 0 Å². The number of hydrogen-bond acceptors (Lipinski definition) is 4. The van der Waals surface area contributed by atoms with Crippen LogP contribution in [0.2, 0.25) is 0 Å². The van der Waals surface area contributed by atoms with E-state index in [4.69, 9.17) is 9.47 Å². The lowest BCUT2D eigenvalue weighted by Crippen LogP contribution is -2.46. The molecule has 0 aliphatic carbocycles. The fraction of sp³-hybridized carbons (Fsp3) is 0.462.